The minimum atomic E-state index is -4.51. The number of carbonyl (C=O) groups is 1. The molecule has 41 heavy (non-hydrogen) atoms. The van der Waals surface area contributed by atoms with E-state index in [4.69, 9.17) is 14.2 Å². The predicted molar refractivity (Wildman–Crippen MR) is 142 cm³/mol. The molecule has 2 saturated heterocycles. The summed E-state index contributed by atoms with van der Waals surface area (Å²) in [5.41, 5.74) is 0.0376. The number of rotatable bonds is 5. The van der Waals surface area contributed by atoms with Crippen LogP contribution in [0.5, 0.6) is 6.01 Å². The first-order valence-electron chi connectivity index (χ1n) is 13.2. The van der Waals surface area contributed by atoms with Gasteiger partial charge in [0.15, 0.2) is 17.4 Å². The maximum atomic E-state index is 13.7. The number of hydrogen-bond acceptors (Lipinski definition) is 9. The first-order chi connectivity index (χ1) is 19.6. The molecule has 3 aliphatic rings. The molecule has 216 valence electrons. The zero-order valence-electron chi connectivity index (χ0n) is 22.4. The normalized spacial score (nSPS) is 21.4. The summed E-state index contributed by atoms with van der Waals surface area (Å²) >= 11 is 0. The van der Waals surface area contributed by atoms with Gasteiger partial charge in [-0.25, -0.2) is 19.7 Å². The number of nitrogens with one attached hydrogen (secondary N) is 1. The van der Waals surface area contributed by atoms with Gasteiger partial charge in [0, 0.05) is 24.8 Å². The molecule has 2 aromatic heterocycles. The molecule has 0 aliphatic carbocycles. The van der Waals surface area contributed by atoms with Crippen molar-refractivity contribution in [1.82, 2.24) is 19.9 Å². The quantitative estimate of drug-likeness (QED) is 0.473. The van der Waals surface area contributed by atoms with E-state index in [-0.39, 0.29) is 42.0 Å². The summed E-state index contributed by atoms with van der Waals surface area (Å²) in [6.45, 7) is 5.54. The number of fused-ring (bicyclic) bond motifs is 4. The van der Waals surface area contributed by atoms with E-state index in [0.29, 0.717) is 24.7 Å². The zero-order chi connectivity index (χ0) is 28.8. The second kappa shape index (κ2) is 10.4. The van der Waals surface area contributed by atoms with Gasteiger partial charge in [0.2, 0.25) is 0 Å². The third kappa shape index (κ3) is 5.75. The number of halogens is 3. The molecule has 0 radical (unpaired) electrons. The molecular formula is C27H28F3N7O4. The highest BCUT2D eigenvalue weighted by Crippen LogP contribution is 2.39. The molecular weight excluding hydrogens is 543 g/mol. The monoisotopic (exact) mass is 571 g/mol. The third-order valence-electron chi connectivity index (χ3n) is 7.08. The van der Waals surface area contributed by atoms with E-state index in [1.54, 1.807) is 6.20 Å². The summed E-state index contributed by atoms with van der Waals surface area (Å²) in [7, 11) is 0. The fourth-order valence-electron chi connectivity index (χ4n) is 5.22. The van der Waals surface area contributed by atoms with Crippen molar-refractivity contribution in [2.75, 3.05) is 41.4 Å². The lowest BCUT2D eigenvalue weighted by Gasteiger charge is -2.45. The van der Waals surface area contributed by atoms with Gasteiger partial charge in [-0.2, -0.15) is 18.2 Å². The van der Waals surface area contributed by atoms with Crippen molar-refractivity contribution in [3.05, 3.63) is 48.3 Å². The Morgan fingerprint density at radius 1 is 1.22 bits per heavy atom. The number of hydrogen-bond donors (Lipinski definition) is 1. The molecule has 1 unspecified atom stereocenters. The van der Waals surface area contributed by atoms with E-state index in [9.17, 15) is 18.0 Å². The number of anilines is 3. The van der Waals surface area contributed by atoms with Crippen molar-refractivity contribution >= 4 is 23.4 Å². The van der Waals surface area contributed by atoms with E-state index in [0.717, 1.165) is 31.5 Å². The molecule has 0 saturated carbocycles. The van der Waals surface area contributed by atoms with Crippen LogP contribution in [0.25, 0.3) is 11.4 Å². The van der Waals surface area contributed by atoms with E-state index < -0.39 is 23.6 Å². The van der Waals surface area contributed by atoms with Crippen molar-refractivity contribution in [1.29, 1.82) is 0 Å². The van der Waals surface area contributed by atoms with Gasteiger partial charge in [-0.05, 0) is 44.9 Å². The van der Waals surface area contributed by atoms with Crippen molar-refractivity contribution < 1.29 is 32.2 Å². The lowest BCUT2D eigenvalue weighted by atomic mass is 10.0. The van der Waals surface area contributed by atoms with Crippen LogP contribution in [0.15, 0.2) is 42.7 Å². The molecule has 6 rings (SSSR count). The molecule has 0 spiro atoms. The van der Waals surface area contributed by atoms with E-state index >= 15 is 0 Å². The molecule has 5 heterocycles. The fraction of sp³-hybridized carbons (Fsp3) is 0.444. The van der Waals surface area contributed by atoms with E-state index in [1.165, 1.54) is 29.3 Å². The first-order valence-corrected chi connectivity index (χ1v) is 13.2. The number of carbonyl (C=O) groups excluding carboxylic acids is 1. The van der Waals surface area contributed by atoms with Crippen LogP contribution in [0.4, 0.5) is 35.3 Å². The van der Waals surface area contributed by atoms with Crippen LogP contribution in [-0.2, 0) is 15.7 Å². The average Bonchev–Trinajstić information content (AvgIpc) is 3.30. The van der Waals surface area contributed by atoms with Gasteiger partial charge >= 0.3 is 18.2 Å². The third-order valence-corrected chi connectivity index (χ3v) is 7.08. The maximum Gasteiger partial charge on any atom is 0.416 e. The fourth-order valence-corrected chi connectivity index (χ4v) is 5.22. The van der Waals surface area contributed by atoms with Gasteiger partial charge in [0.1, 0.15) is 18.5 Å². The molecule has 3 aliphatic heterocycles. The van der Waals surface area contributed by atoms with Crippen LogP contribution in [0, 0.1) is 0 Å². The Balaban J connectivity index is 1.24. The molecule has 1 aromatic carbocycles. The molecule has 14 heteroatoms. The summed E-state index contributed by atoms with van der Waals surface area (Å²) in [4.78, 5) is 34.7. The summed E-state index contributed by atoms with van der Waals surface area (Å²) in [6, 6.07) is 5.74. The second-order valence-electron chi connectivity index (χ2n) is 10.5. The van der Waals surface area contributed by atoms with Crippen LogP contribution in [0.2, 0.25) is 0 Å². The van der Waals surface area contributed by atoms with Gasteiger partial charge in [0.05, 0.1) is 30.1 Å². The average molecular weight is 572 g/mol. The number of alkyl halides is 3. The number of nitrogens with zero attached hydrogens (tertiary/aromatic N) is 6. The summed E-state index contributed by atoms with van der Waals surface area (Å²) in [6.07, 6.45) is -0.159. The molecule has 11 nitrogen and oxygen atoms in total. The number of piperidine rings is 1. The van der Waals surface area contributed by atoms with Crippen molar-refractivity contribution in [2.45, 2.75) is 50.8 Å². The first kappa shape index (κ1) is 27.1. The molecule has 2 atom stereocenters. The Bertz CT molecular complexity index is 1450. The Labute approximate surface area is 233 Å². The summed E-state index contributed by atoms with van der Waals surface area (Å²) in [5.74, 6) is -0.0506. The number of ether oxygens (including phenoxy) is 3. The number of benzene rings is 1. The van der Waals surface area contributed by atoms with Crippen LogP contribution in [0.1, 0.15) is 32.3 Å². The van der Waals surface area contributed by atoms with Crippen molar-refractivity contribution in [2.24, 2.45) is 0 Å². The number of aromatic nitrogens is 4. The van der Waals surface area contributed by atoms with E-state index in [1.807, 2.05) is 13.8 Å². The molecule has 2 bridgehead atoms. The number of amides is 2. The smallest absolute Gasteiger partial charge is 0.416 e. The minimum Gasteiger partial charge on any atom is -0.461 e. The van der Waals surface area contributed by atoms with Crippen LogP contribution in [0.3, 0.4) is 0 Å². The van der Waals surface area contributed by atoms with E-state index in [2.05, 4.69) is 30.2 Å². The van der Waals surface area contributed by atoms with Gasteiger partial charge in [-0.3, -0.25) is 10.2 Å². The number of urea groups is 1. The van der Waals surface area contributed by atoms with Gasteiger partial charge in [-0.1, -0.05) is 12.1 Å². The summed E-state index contributed by atoms with van der Waals surface area (Å²) < 4.78 is 56.9. The van der Waals surface area contributed by atoms with Gasteiger partial charge < -0.3 is 19.1 Å². The standard InChI is InChI=1S/C27H28F3N7O4/c1-26(2)40-15-19(41-26)14-39-24-31-9-8-21(33-24)34-25(38)37-18-7-4-10-36(13-18)20-12-32-22(35-23(20)37)16-5-3-6-17(11-16)27(28,29)30/h3,5-6,8-9,11-12,18-19H,4,7,10,13-15H2,1-2H3,(H,31,33,34,38)/t18?,19-/m1/s1. The van der Waals surface area contributed by atoms with Crippen molar-refractivity contribution in [3.63, 3.8) is 0 Å². The van der Waals surface area contributed by atoms with Crippen LogP contribution in [-0.4, -0.2) is 70.2 Å². The second-order valence-corrected chi connectivity index (χ2v) is 10.5. The lowest BCUT2D eigenvalue weighted by Crippen LogP contribution is -2.56. The largest absolute Gasteiger partial charge is 0.461 e. The minimum absolute atomic E-state index is 0.0631. The molecule has 2 fully saturated rings. The summed E-state index contributed by atoms with van der Waals surface area (Å²) in [5, 5.41) is 2.80. The Hall–Kier alpha value is -4.04. The zero-order valence-corrected chi connectivity index (χ0v) is 22.4. The Morgan fingerprint density at radius 3 is 2.85 bits per heavy atom. The van der Waals surface area contributed by atoms with Gasteiger partial charge in [-0.15, -0.1) is 0 Å². The predicted octanol–water partition coefficient (Wildman–Crippen LogP) is 4.50. The molecule has 2 amide bonds. The highest BCUT2D eigenvalue weighted by Gasteiger charge is 2.39. The highest BCUT2D eigenvalue weighted by atomic mass is 19.4. The molecule has 1 N–H and O–H groups in total. The maximum absolute atomic E-state index is 13.7. The molecule has 3 aromatic rings. The van der Waals surface area contributed by atoms with Crippen LogP contribution >= 0.6 is 0 Å². The van der Waals surface area contributed by atoms with Gasteiger partial charge in [0.25, 0.3) is 0 Å². The SMILES string of the molecule is CC1(C)OC[C@@H](COc2nccc(NC(=O)N3c4nc(-c5cccc(C(F)(F)F)c5)ncc4N4CCCC3C4)n2)O1. The topological polar surface area (TPSA) is 115 Å². The lowest BCUT2D eigenvalue weighted by molar-refractivity contribution is -0.141. The Morgan fingerprint density at radius 2 is 2.07 bits per heavy atom. The highest BCUT2D eigenvalue weighted by molar-refractivity contribution is 6.04. The van der Waals surface area contributed by atoms with Crippen molar-refractivity contribution in [3.8, 4) is 17.4 Å². The Kier molecular flexibility index (Phi) is 6.90. The van der Waals surface area contributed by atoms with Crippen LogP contribution < -0.4 is 19.9 Å².